The van der Waals surface area contributed by atoms with Crippen molar-refractivity contribution in [3.63, 3.8) is 0 Å². The monoisotopic (exact) mass is 266 g/mol. The smallest absolute Gasteiger partial charge is 0.00858 e. The summed E-state index contributed by atoms with van der Waals surface area (Å²) >= 11 is 3.58. The van der Waals surface area contributed by atoms with Gasteiger partial charge in [-0.1, -0.05) is 54.0 Å². The molecule has 0 N–H and O–H groups in total. The van der Waals surface area contributed by atoms with E-state index < -0.39 is 0 Å². The minimum Gasteiger partial charge on any atom is -0.0922 e. The van der Waals surface area contributed by atoms with Crippen LogP contribution in [-0.4, -0.2) is 5.33 Å². The van der Waals surface area contributed by atoms with Crippen molar-refractivity contribution in [3.05, 3.63) is 35.4 Å². The van der Waals surface area contributed by atoms with E-state index in [-0.39, 0.29) is 0 Å². The lowest BCUT2D eigenvalue weighted by Crippen LogP contribution is -2.16. The topological polar surface area (TPSA) is 0 Å². The van der Waals surface area contributed by atoms with E-state index in [0.29, 0.717) is 5.41 Å². The molecule has 0 unspecified atom stereocenters. The summed E-state index contributed by atoms with van der Waals surface area (Å²) in [5, 5.41) is 1.06. The molecule has 15 heavy (non-hydrogen) atoms. The van der Waals surface area contributed by atoms with Gasteiger partial charge in [-0.05, 0) is 41.7 Å². The van der Waals surface area contributed by atoms with Crippen LogP contribution in [-0.2, 0) is 6.42 Å². The molecule has 0 bridgehead atoms. The molecule has 0 amide bonds. The van der Waals surface area contributed by atoms with Gasteiger partial charge in [0.1, 0.15) is 0 Å². The van der Waals surface area contributed by atoms with Crippen molar-refractivity contribution in [2.24, 2.45) is 5.41 Å². The minimum absolute atomic E-state index is 0.362. The van der Waals surface area contributed by atoms with Gasteiger partial charge in [0.15, 0.2) is 0 Å². The van der Waals surface area contributed by atoms with Crippen molar-refractivity contribution in [3.8, 4) is 0 Å². The molecule has 82 valence electrons. The molecule has 0 aliphatic heterocycles. The summed E-state index contributed by atoms with van der Waals surface area (Å²) in [5.41, 5.74) is 3.36. The maximum atomic E-state index is 3.58. The van der Waals surface area contributed by atoms with E-state index in [2.05, 4.69) is 54.0 Å². The summed E-state index contributed by atoms with van der Waals surface area (Å²) in [6.07, 6.45) is 3.95. The second-order valence-electron chi connectivity index (χ2n) is 5.49. The van der Waals surface area contributed by atoms with Crippen molar-refractivity contribution in [2.75, 3.05) is 5.33 Å². The molecule has 1 aromatic carbocycles. The van der Waals surface area contributed by atoms with E-state index in [1.165, 1.54) is 24.0 Å². The summed E-state index contributed by atoms with van der Waals surface area (Å²) in [4.78, 5) is 0. The third kappa shape index (κ3) is 3.07. The largest absolute Gasteiger partial charge is 0.0922 e. The molecule has 0 saturated heterocycles. The highest BCUT2D eigenvalue weighted by Crippen LogP contribution is 2.40. The second-order valence-corrected chi connectivity index (χ2v) is 6.05. The number of benzene rings is 1. The Hall–Kier alpha value is -0.300. The van der Waals surface area contributed by atoms with Crippen LogP contribution in [0.3, 0.4) is 0 Å². The van der Waals surface area contributed by atoms with Crippen LogP contribution in [0.4, 0.5) is 0 Å². The Morgan fingerprint density at radius 3 is 2.27 bits per heavy atom. The number of hydrogen-bond donors (Lipinski definition) is 0. The first kappa shape index (κ1) is 11.2. The highest BCUT2D eigenvalue weighted by molar-refractivity contribution is 9.09. The Bertz CT molecular complexity index is 320. The van der Waals surface area contributed by atoms with Crippen LogP contribution in [0.1, 0.15) is 43.7 Å². The quantitative estimate of drug-likeness (QED) is 0.703. The highest BCUT2D eigenvalue weighted by Gasteiger charge is 2.23. The Kier molecular flexibility index (Phi) is 3.20. The first-order chi connectivity index (χ1) is 7.11. The van der Waals surface area contributed by atoms with Crippen LogP contribution in [0, 0.1) is 5.41 Å². The fourth-order valence-electron chi connectivity index (χ4n) is 1.92. The molecular weight excluding hydrogens is 248 g/mol. The van der Waals surface area contributed by atoms with Crippen LogP contribution in [0.5, 0.6) is 0 Å². The molecule has 0 heterocycles. The maximum Gasteiger partial charge on any atom is 0.00858 e. The van der Waals surface area contributed by atoms with Gasteiger partial charge in [0.05, 0.1) is 0 Å². The second kappa shape index (κ2) is 4.29. The first-order valence-electron chi connectivity index (χ1n) is 5.75. The molecule has 0 spiro atoms. The van der Waals surface area contributed by atoms with Gasteiger partial charge >= 0.3 is 0 Å². The minimum atomic E-state index is 0.362. The van der Waals surface area contributed by atoms with E-state index in [1.54, 1.807) is 0 Å². The van der Waals surface area contributed by atoms with Crippen LogP contribution < -0.4 is 0 Å². The lowest BCUT2D eigenvalue weighted by Gasteiger charge is -2.21. The third-order valence-electron chi connectivity index (χ3n) is 3.07. The average molecular weight is 267 g/mol. The van der Waals surface area contributed by atoms with E-state index in [0.717, 1.165) is 17.7 Å². The zero-order chi connectivity index (χ0) is 10.9. The summed E-state index contributed by atoms with van der Waals surface area (Å²) < 4.78 is 0. The molecule has 1 fully saturated rings. The Morgan fingerprint density at radius 2 is 1.80 bits per heavy atom. The molecule has 1 aliphatic carbocycles. The third-order valence-corrected chi connectivity index (χ3v) is 4.59. The predicted octanol–water partition coefficient (Wildman–Crippen LogP) is 4.53. The maximum absolute atomic E-state index is 3.58. The average Bonchev–Trinajstić information content (AvgIpc) is 3.02. The standard InChI is InChI=1S/C14H19Br/c1-14(2,10-15)9-11-3-5-12(6-4-11)13-7-8-13/h3-6,13H,7-10H2,1-2H3. The number of rotatable bonds is 4. The van der Waals surface area contributed by atoms with E-state index >= 15 is 0 Å². The molecular formula is C14H19Br. The molecule has 0 radical (unpaired) electrons. The van der Waals surface area contributed by atoms with Crippen molar-refractivity contribution < 1.29 is 0 Å². The summed E-state index contributed by atoms with van der Waals surface area (Å²) in [5.74, 6) is 0.878. The molecule has 1 aliphatic rings. The van der Waals surface area contributed by atoms with Crippen LogP contribution >= 0.6 is 15.9 Å². The first-order valence-corrected chi connectivity index (χ1v) is 6.88. The molecule has 2 rings (SSSR count). The Labute approximate surface area is 101 Å². The molecule has 1 saturated carbocycles. The van der Waals surface area contributed by atoms with Crippen LogP contribution in [0.15, 0.2) is 24.3 Å². The van der Waals surface area contributed by atoms with E-state index in [9.17, 15) is 0 Å². The van der Waals surface area contributed by atoms with Gasteiger partial charge in [-0.3, -0.25) is 0 Å². The van der Waals surface area contributed by atoms with Gasteiger partial charge in [0.2, 0.25) is 0 Å². The van der Waals surface area contributed by atoms with E-state index in [4.69, 9.17) is 0 Å². The molecule has 1 aromatic rings. The lowest BCUT2D eigenvalue weighted by molar-refractivity contribution is 0.425. The molecule has 0 atom stereocenters. The van der Waals surface area contributed by atoms with Crippen molar-refractivity contribution in [2.45, 2.75) is 39.0 Å². The van der Waals surface area contributed by atoms with Crippen LogP contribution in [0.2, 0.25) is 0 Å². The summed E-state index contributed by atoms with van der Waals surface area (Å²) in [6.45, 7) is 4.60. The summed E-state index contributed by atoms with van der Waals surface area (Å²) in [7, 11) is 0. The van der Waals surface area contributed by atoms with Gasteiger partial charge in [-0.15, -0.1) is 0 Å². The van der Waals surface area contributed by atoms with Gasteiger partial charge in [0.25, 0.3) is 0 Å². The Morgan fingerprint density at radius 1 is 1.20 bits per heavy atom. The molecule has 0 aromatic heterocycles. The Balaban J connectivity index is 2.03. The van der Waals surface area contributed by atoms with Crippen molar-refractivity contribution in [1.29, 1.82) is 0 Å². The predicted molar refractivity (Wildman–Crippen MR) is 69.7 cm³/mol. The lowest BCUT2D eigenvalue weighted by atomic mass is 9.88. The number of alkyl halides is 1. The van der Waals surface area contributed by atoms with Gasteiger partial charge in [-0.2, -0.15) is 0 Å². The molecule has 1 heteroatoms. The highest BCUT2D eigenvalue weighted by atomic mass is 79.9. The zero-order valence-corrected chi connectivity index (χ0v) is 11.2. The van der Waals surface area contributed by atoms with Gasteiger partial charge < -0.3 is 0 Å². The zero-order valence-electron chi connectivity index (χ0n) is 9.59. The fraction of sp³-hybridized carbons (Fsp3) is 0.571. The number of halogens is 1. The van der Waals surface area contributed by atoms with Gasteiger partial charge in [0, 0.05) is 5.33 Å². The SMILES string of the molecule is CC(C)(CBr)Cc1ccc(C2CC2)cc1. The van der Waals surface area contributed by atoms with E-state index in [1.807, 2.05) is 0 Å². The molecule has 0 nitrogen and oxygen atoms in total. The fourth-order valence-corrected chi connectivity index (χ4v) is 2.12. The number of hydrogen-bond acceptors (Lipinski definition) is 0. The van der Waals surface area contributed by atoms with Crippen molar-refractivity contribution >= 4 is 15.9 Å². The van der Waals surface area contributed by atoms with Crippen LogP contribution in [0.25, 0.3) is 0 Å². The summed E-state index contributed by atoms with van der Waals surface area (Å²) in [6, 6.07) is 9.24. The van der Waals surface area contributed by atoms with Crippen molar-refractivity contribution in [1.82, 2.24) is 0 Å². The normalized spacial score (nSPS) is 16.7. The van der Waals surface area contributed by atoms with Gasteiger partial charge in [-0.25, -0.2) is 0 Å².